The number of fused-ring (bicyclic) bond motifs is 2. The Labute approximate surface area is 122 Å². The molecule has 3 heterocycles. The quantitative estimate of drug-likeness (QED) is 0.649. The number of nitrogens with one attached hydrogen (secondary N) is 2. The van der Waals surface area contributed by atoms with E-state index in [9.17, 15) is 19.5 Å². The van der Waals surface area contributed by atoms with Crippen LogP contribution in [0.1, 0.15) is 25.7 Å². The molecule has 0 aliphatic carbocycles. The molecule has 2 bridgehead atoms. The maximum Gasteiger partial charge on any atom is 0.310 e. The van der Waals surface area contributed by atoms with Crippen LogP contribution in [0.15, 0.2) is 0 Å². The van der Waals surface area contributed by atoms with Crippen molar-refractivity contribution in [2.24, 2.45) is 17.8 Å². The topological polar surface area (TPSA) is 105 Å². The third-order valence-electron chi connectivity index (χ3n) is 4.77. The molecule has 116 valence electrons. The van der Waals surface area contributed by atoms with Gasteiger partial charge in [0.25, 0.3) is 0 Å². The number of carbonyl (C=O) groups excluding carboxylic acids is 2. The maximum atomic E-state index is 12.3. The number of amides is 2. The molecule has 7 heteroatoms. The molecule has 0 aromatic carbocycles. The van der Waals surface area contributed by atoms with E-state index in [1.807, 2.05) is 0 Å². The highest BCUT2D eigenvalue weighted by Gasteiger charge is 2.55. The van der Waals surface area contributed by atoms with Crippen LogP contribution in [-0.2, 0) is 19.1 Å². The van der Waals surface area contributed by atoms with E-state index in [1.54, 1.807) is 0 Å². The van der Waals surface area contributed by atoms with Gasteiger partial charge in [0.2, 0.25) is 11.8 Å². The molecule has 0 aromatic rings. The molecule has 0 aromatic heterocycles. The molecule has 3 N–H and O–H groups in total. The monoisotopic (exact) mass is 296 g/mol. The lowest BCUT2D eigenvalue weighted by Crippen LogP contribution is -2.46. The number of hydrogen-bond donors (Lipinski definition) is 3. The summed E-state index contributed by atoms with van der Waals surface area (Å²) in [6, 6.07) is 0. The summed E-state index contributed by atoms with van der Waals surface area (Å²) >= 11 is 0. The van der Waals surface area contributed by atoms with E-state index < -0.39 is 17.8 Å². The summed E-state index contributed by atoms with van der Waals surface area (Å²) in [7, 11) is 0. The first-order valence-electron chi connectivity index (χ1n) is 7.49. The SMILES string of the molecule is O=C1CC(CNC(=O)[C@H]2[C@@H](C(=O)O)[C@@H]3CC[C@H]2O3)CCN1. The van der Waals surface area contributed by atoms with Crippen molar-refractivity contribution in [1.29, 1.82) is 0 Å². The summed E-state index contributed by atoms with van der Waals surface area (Å²) in [5.74, 6) is -2.41. The van der Waals surface area contributed by atoms with Gasteiger partial charge in [-0.3, -0.25) is 14.4 Å². The van der Waals surface area contributed by atoms with Crippen LogP contribution >= 0.6 is 0 Å². The number of piperidine rings is 1. The highest BCUT2D eigenvalue weighted by Crippen LogP contribution is 2.43. The minimum absolute atomic E-state index is 0.00664. The molecule has 5 atom stereocenters. The molecular weight excluding hydrogens is 276 g/mol. The van der Waals surface area contributed by atoms with Gasteiger partial charge in [-0.1, -0.05) is 0 Å². The molecule has 3 aliphatic rings. The van der Waals surface area contributed by atoms with Gasteiger partial charge in [0, 0.05) is 19.5 Å². The van der Waals surface area contributed by atoms with Gasteiger partial charge in [-0.05, 0) is 25.2 Å². The van der Waals surface area contributed by atoms with E-state index in [2.05, 4.69) is 10.6 Å². The highest BCUT2D eigenvalue weighted by molar-refractivity contribution is 5.86. The Bertz CT molecular complexity index is 466. The second kappa shape index (κ2) is 5.63. The number of carbonyl (C=O) groups is 3. The van der Waals surface area contributed by atoms with E-state index in [-0.39, 0.29) is 29.9 Å². The first-order valence-corrected chi connectivity index (χ1v) is 7.49. The van der Waals surface area contributed by atoms with Gasteiger partial charge in [-0.25, -0.2) is 0 Å². The number of aliphatic carboxylic acids is 1. The first-order chi connectivity index (χ1) is 10.1. The van der Waals surface area contributed by atoms with Crippen molar-refractivity contribution in [3.8, 4) is 0 Å². The van der Waals surface area contributed by atoms with Crippen molar-refractivity contribution in [3.05, 3.63) is 0 Å². The van der Waals surface area contributed by atoms with E-state index in [4.69, 9.17) is 4.74 Å². The fourth-order valence-corrected chi connectivity index (χ4v) is 3.71. The molecule has 3 aliphatic heterocycles. The molecule has 21 heavy (non-hydrogen) atoms. The van der Waals surface area contributed by atoms with Gasteiger partial charge in [-0.15, -0.1) is 0 Å². The lowest BCUT2D eigenvalue weighted by Gasteiger charge is -2.26. The normalized spacial score (nSPS) is 38.1. The average Bonchev–Trinajstić information content (AvgIpc) is 3.05. The Hall–Kier alpha value is -1.63. The van der Waals surface area contributed by atoms with Crippen LogP contribution in [0.3, 0.4) is 0 Å². The van der Waals surface area contributed by atoms with Gasteiger partial charge >= 0.3 is 5.97 Å². The van der Waals surface area contributed by atoms with Crippen molar-refractivity contribution in [2.75, 3.05) is 13.1 Å². The maximum absolute atomic E-state index is 12.3. The number of carboxylic acids is 1. The molecule has 3 rings (SSSR count). The van der Waals surface area contributed by atoms with Crippen LogP contribution < -0.4 is 10.6 Å². The summed E-state index contributed by atoms with van der Waals surface area (Å²) in [5.41, 5.74) is 0. The Morgan fingerprint density at radius 2 is 1.95 bits per heavy atom. The fraction of sp³-hybridized carbons (Fsp3) is 0.786. The van der Waals surface area contributed by atoms with Gasteiger partial charge in [0.05, 0.1) is 24.0 Å². The van der Waals surface area contributed by atoms with Gasteiger partial charge in [-0.2, -0.15) is 0 Å². The lowest BCUT2D eigenvalue weighted by atomic mass is 9.78. The molecular formula is C14H20N2O5. The number of rotatable bonds is 4. The third kappa shape index (κ3) is 2.74. The van der Waals surface area contributed by atoms with Crippen LogP contribution in [0.5, 0.6) is 0 Å². The predicted octanol–water partition coefficient (Wildman–Crippen LogP) is -0.493. The van der Waals surface area contributed by atoms with Crippen LogP contribution in [-0.4, -0.2) is 48.2 Å². The Balaban J connectivity index is 1.57. The van der Waals surface area contributed by atoms with Crippen molar-refractivity contribution in [2.45, 2.75) is 37.9 Å². The lowest BCUT2D eigenvalue weighted by molar-refractivity contribution is -0.147. The summed E-state index contributed by atoms with van der Waals surface area (Å²) in [4.78, 5) is 35.0. The molecule has 3 saturated heterocycles. The third-order valence-corrected chi connectivity index (χ3v) is 4.77. The largest absolute Gasteiger partial charge is 0.481 e. The Morgan fingerprint density at radius 3 is 2.62 bits per heavy atom. The number of hydrogen-bond acceptors (Lipinski definition) is 4. The molecule has 2 amide bonds. The molecule has 7 nitrogen and oxygen atoms in total. The predicted molar refractivity (Wildman–Crippen MR) is 71.3 cm³/mol. The molecule has 0 saturated carbocycles. The summed E-state index contributed by atoms with van der Waals surface area (Å²) in [6.45, 7) is 1.06. The zero-order chi connectivity index (χ0) is 15.0. The average molecular weight is 296 g/mol. The minimum Gasteiger partial charge on any atom is -0.481 e. The van der Waals surface area contributed by atoms with E-state index in [1.165, 1.54) is 0 Å². The standard InChI is InChI=1S/C14H20N2O5/c17-10-5-7(3-4-15-10)6-16-13(18)11-8-1-2-9(21-8)12(11)14(19)20/h7-9,11-12H,1-6H2,(H,15,17)(H,16,18)(H,19,20)/t7?,8-,9+,11-,12+/m1/s1. The van der Waals surface area contributed by atoms with E-state index in [0.29, 0.717) is 25.9 Å². The zero-order valence-corrected chi connectivity index (χ0v) is 11.7. The smallest absolute Gasteiger partial charge is 0.310 e. The molecule has 0 radical (unpaired) electrons. The number of carboxylic acid groups (broad SMARTS) is 1. The highest BCUT2D eigenvalue weighted by atomic mass is 16.5. The van der Waals surface area contributed by atoms with Crippen molar-refractivity contribution >= 4 is 17.8 Å². The molecule has 1 unspecified atom stereocenters. The van der Waals surface area contributed by atoms with E-state index >= 15 is 0 Å². The van der Waals surface area contributed by atoms with Crippen LogP contribution in [0.2, 0.25) is 0 Å². The Kier molecular flexibility index (Phi) is 3.84. The van der Waals surface area contributed by atoms with Crippen LogP contribution in [0.25, 0.3) is 0 Å². The van der Waals surface area contributed by atoms with Crippen molar-refractivity contribution in [1.82, 2.24) is 10.6 Å². The molecule has 0 spiro atoms. The van der Waals surface area contributed by atoms with Crippen LogP contribution in [0.4, 0.5) is 0 Å². The summed E-state index contributed by atoms with van der Waals surface area (Å²) in [6.07, 6.45) is 2.11. The second-order valence-electron chi connectivity index (χ2n) is 6.13. The van der Waals surface area contributed by atoms with Crippen LogP contribution in [0, 0.1) is 17.8 Å². The fourth-order valence-electron chi connectivity index (χ4n) is 3.71. The summed E-state index contributed by atoms with van der Waals surface area (Å²) < 4.78 is 5.58. The number of ether oxygens (including phenoxy) is 1. The van der Waals surface area contributed by atoms with Gasteiger partial charge in [0.1, 0.15) is 0 Å². The zero-order valence-electron chi connectivity index (χ0n) is 11.7. The second-order valence-corrected chi connectivity index (χ2v) is 6.13. The van der Waals surface area contributed by atoms with E-state index in [0.717, 1.165) is 12.8 Å². The Morgan fingerprint density at radius 1 is 1.24 bits per heavy atom. The first kappa shape index (κ1) is 14.3. The minimum atomic E-state index is -0.959. The van der Waals surface area contributed by atoms with Gasteiger partial charge in [0.15, 0.2) is 0 Å². The molecule has 3 fully saturated rings. The van der Waals surface area contributed by atoms with Gasteiger partial charge < -0.3 is 20.5 Å². The van der Waals surface area contributed by atoms with Crippen molar-refractivity contribution < 1.29 is 24.2 Å². The summed E-state index contributed by atoms with van der Waals surface area (Å²) in [5, 5.41) is 14.9. The van der Waals surface area contributed by atoms with Crippen molar-refractivity contribution in [3.63, 3.8) is 0 Å².